The van der Waals surface area contributed by atoms with Crippen LogP contribution in [0.25, 0.3) is 0 Å². The van der Waals surface area contributed by atoms with Crippen LogP contribution in [0.5, 0.6) is 0 Å². The van der Waals surface area contributed by atoms with Gasteiger partial charge in [0.1, 0.15) is 11.9 Å². The first-order valence-corrected chi connectivity index (χ1v) is 6.79. The monoisotopic (exact) mass is 316 g/mol. The number of hydrogen-bond acceptors (Lipinski definition) is 4. The van der Waals surface area contributed by atoms with E-state index in [1.807, 2.05) is 13.8 Å². The normalized spacial score (nSPS) is 12.1. The van der Waals surface area contributed by atoms with Gasteiger partial charge >= 0.3 is 5.97 Å². The molecule has 0 aliphatic rings. The van der Waals surface area contributed by atoms with Gasteiger partial charge in [-0.2, -0.15) is 0 Å². The highest BCUT2D eigenvalue weighted by Crippen LogP contribution is 2.18. The molecule has 21 heavy (non-hydrogen) atoms. The largest absolute Gasteiger partial charge is 0.468 e. The van der Waals surface area contributed by atoms with Gasteiger partial charge in [-0.05, 0) is 24.1 Å². The van der Waals surface area contributed by atoms with Gasteiger partial charge in [-0.1, -0.05) is 25.4 Å². The van der Waals surface area contributed by atoms with Crippen molar-refractivity contribution in [2.24, 2.45) is 5.92 Å². The maximum absolute atomic E-state index is 13.5. The van der Waals surface area contributed by atoms with Gasteiger partial charge in [0.05, 0.1) is 19.3 Å². The van der Waals surface area contributed by atoms with Crippen molar-refractivity contribution in [3.8, 4) is 0 Å². The van der Waals surface area contributed by atoms with Crippen molar-refractivity contribution in [3.05, 3.63) is 29.0 Å². The number of carbonyl (C=O) groups is 2. The maximum Gasteiger partial charge on any atom is 0.323 e. The molecule has 0 aromatic heterocycles. The average molecular weight is 317 g/mol. The number of rotatable bonds is 6. The molecular weight excluding hydrogens is 299 g/mol. The smallest absolute Gasteiger partial charge is 0.323 e. The van der Waals surface area contributed by atoms with Gasteiger partial charge in [-0.25, -0.2) is 4.39 Å². The van der Waals surface area contributed by atoms with E-state index in [2.05, 4.69) is 15.4 Å². The topological polar surface area (TPSA) is 67.4 Å². The number of esters is 1. The van der Waals surface area contributed by atoms with E-state index in [-0.39, 0.29) is 23.2 Å². The highest BCUT2D eigenvalue weighted by atomic mass is 35.5. The standard InChI is InChI=1S/C14H18ClFN2O3/c1-8(2)13(14(20)21-3)17-7-12(19)18-11-5-4-9(15)6-10(11)16/h4-6,8,13,17H,7H2,1-3H3,(H,18,19). The number of amides is 1. The van der Waals surface area contributed by atoms with E-state index in [1.165, 1.54) is 19.2 Å². The SMILES string of the molecule is COC(=O)C(NCC(=O)Nc1ccc(Cl)cc1F)C(C)C. The van der Waals surface area contributed by atoms with E-state index in [9.17, 15) is 14.0 Å². The first-order valence-electron chi connectivity index (χ1n) is 6.41. The van der Waals surface area contributed by atoms with Gasteiger partial charge in [-0.15, -0.1) is 0 Å². The Balaban J connectivity index is 2.59. The molecule has 0 spiro atoms. The van der Waals surface area contributed by atoms with Gasteiger partial charge in [-0.3, -0.25) is 14.9 Å². The summed E-state index contributed by atoms with van der Waals surface area (Å²) in [6.45, 7) is 3.51. The molecule has 1 amide bonds. The van der Waals surface area contributed by atoms with Crippen LogP contribution in [0.3, 0.4) is 0 Å². The molecule has 116 valence electrons. The molecular formula is C14H18ClFN2O3. The Kier molecular flexibility index (Phi) is 6.58. The van der Waals surface area contributed by atoms with E-state index in [1.54, 1.807) is 0 Å². The Bertz CT molecular complexity index is 523. The average Bonchev–Trinajstić information content (AvgIpc) is 2.41. The third-order valence-electron chi connectivity index (χ3n) is 2.81. The molecule has 0 aliphatic heterocycles. The Morgan fingerprint density at radius 1 is 1.38 bits per heavy atom. The minimum atomic E-state index is -0.621. The first-order chi connectivity index (χ1) is 9.85. The lowest BCUT2D eigenvalue weighted by molar-refractivity contribution is -0.144. The summed E-state index contributed by atoms with van der Waals surface area (Å²) in [7, 11) is 1.28. The van der Waals surface area contributed by atoms with Gasteiger partial charge in [0.25, 0.3) is 0 Å². The molecule has 0 bridgehead atoms. The van der Waals surface area contributed by atoms with Crippen LogP contribution in [-0.4, -0.2) is 31.6 Å². The minimum absolute atomic E-state index is 0.0327. The van der Waals surface area contributed by atoms with E-state index < -0.39 is 23.7 Å². The molecule has 0 heterocycles. The van der Waals surface area contributed by atoms with Crippen molar-refractivity contribution in [1.29, 1.82) is 0 Å². The molecule has 0 saturated carbocycles. The van der Waals surface area contributed by atoms with Crippen molar-refractivity contribution in [2.45, 2.75) is 19.9 Å². The summed E-state index contributed by atoms with van der Waals surface area (Å²) in [6.07, 6.45) is 0. The molecule has 0 radical (unpaired) electrons. The Labute approximate surface area is 127 Å². The predicted molar refractivity (Wildman–Crippen MR) is 78.7 cm³/mol. The number of benzene rings is 1. The number of halogens is 2. The summed E-state index contributed by atoms with van der Waals surface area (Å²) < 4.78 is 18.2. The first kappa shape index (κ1) is 17.4. The lowest BCUT2D eigenvalue weighted by Crippen LogP contribution is -2.45. The highest BCUT2D eigenvalue weighted by molar-refractivity contribution is 6.30. The fourth-order valence-corrected chi connectivity index (χ4v) is 1.86. The van der Waals surface area contributed by atoms with Crippen LogP contribution < -0.4 is 10.6 Å². The molecule has 1 atom stereocenters. The summed E-state index contributed by atoms with van der Waals surface area (Å²) in [5.41, 5.74) is 0.0327. The van der Waals surface area contributed by atoms with E-state index in [4.69, 9.17) is 11.6 Å². The fourth-order valence-electron chi connectivity index (χ4n) is 1.71. The second-order valence-corrected chi connectivity index (χ2v) is 5.23. The molecule has 7 heteroatoms. The molecule has 5 nitrogen and oxygen atoms in total. The zero-order valence-corrected chi connectivity index (χ0v) is 12.8. The zero-order valence-electron chi connectivity index (χ0n) is 12.1. The molecule has 0 fully saturated rings. The Morgan fingerprint density at radius 3 is 2.57 bits per heavy atom. The van der Waals surface area contributed by atoms with Crippen molar-refractivity contribution < 1.29 is 18.7 Å². The number of nitrogens with one attached hydrogen (secondary N) is 2. The van der Waals surface area contributed by atoms with E-state index in [0.29, 0.717) is 0 Å². The summed E-state index contributed by atoms with van der Waals surface area (Å²) in [5, 5.41) is 5.43. The van der Waals surface area contributed by atoms with Crippen LogP contribution in [0.1, 0.15) is 13.8 Å². The van der Waals surface area contributed by atoms with Crippen LogP contribution in [-0.2, 0) is 14.3 Å². The number of carbonyl (C=O) groups excluding carboxylic acids is 2. The quantitative estimate of drug-likeness (QED) is 0.790. The number of methoxy groups -OCH3 is 1. The number of hydrogen-bond donors (Lipinski definition) is 2. The number of ether oxygens (including phenoxy) is 1. The second kappa shape index (κ2) is 7.95. The zero-order chi connectivity index (χ0) is 16.0. The molecule has 1 aromatic rings. The Morgan fingerprint density at radius 2 is 2.05 bits per heavy atom. The molecule has 1 unspecified atom stereocenters. The van der Waals surface area contributed by atoms with Crippen molar-refractivity contribution >= 4 is 29.2 Å². The van der Waals surface area contributed by atoms with Gasteiger partial charge in [0.15, 0.2) is 0 Å². The maximum atomic E-state index is 13.5. The summed E-state index contributed by atoms with van der Waals surface area (Å²) in [5.74, 6) is -1.58. The van der Waals surface area contributed by atoms with E-state index in [0.717, 1.165) is 6.07 Å². The molecule has 1 rings (SSSR count). The van der Waals surface area contributed by atoms with Crippen molar-refractivity contribution in [1.82, 2.24) is 5.32 Å². The minimum Gasteiger partial charge on any atom is -0.468 e. The molecule has 0 saturated heterocycles. The fraction of sp³-hybridized carbons (Fsp3) is 0.429. The summed E-state index contributed by atoms with van der Waals surface area (Å²) >= 11 is 5.63. The van der Waals surface area contributed by atoms with Crippen LogP contribution in [0.2, 0.25) is 5.02 Å². The van der Waals surface area contributed by atoms with Crippen LogP contribution >= 0.6 is 11.6 Å². The van der Waals surface area contributed by atoms with Crippen LogP contribution in [0.15, 0.2) is 18.2 Å². The highest BCUT2D eigenvalue weighted by Gasteiger charge is 2.23. The molecule has 1 aromatic carbocycles. The summed E-state index contributed by atoms with van der Waals surface area (Å²) in [6, 6.07) is 3.35. The van der Waals surface area contributed by atoms with Crippen LogP contribution in [0.4, 0.5) is 10.1 Å². The lowest BCUT2D eigenvalue weighted by atomic mass is 10.0. The lowest BCUT2D eigenvalue weighted by Gasteiger charge is -2.19. The van der Waals surface area contributed by atoms with Crippen molar-refractivity contribution in [3.63, 3.8) is 0 Å². The Hall–Kier alpha value is -1.66. The van der Waals surface area contributed by atoms with Gasteiger partial charge in [0.2, 0.25) is 5.91 Å². The van der Waals surface area contributed by atoms with E-state index >= 15 is 0 Å². The summed E-state index contributed by atoms with van der Waals surface area (Å²) in [4.78, 5) is 23.3. The van der Waals surface area contributed by atoms with Crippen LogP contribution in [0, 0.1) is 11.7 Å². The third kappa shape index (κ3) is 5.32. The number of anilines is 1. The predicted octanol–water partition coefficient (Wildman–Crippen LogP) is 2.20. The molecule has 0 aliphatic carbocycles. The van der Waals surface area contributed by atoms with Gasteiger partial charge < -0.3 is 10.1 Å². The third-order valence-corrected chi connectivity index (χ3v) is 3.04. The second-order valence-electron chi connectivity index (χ2n) is 4.80. The van der Waals surface area contributed by atoms with Crippen molar-refractivity contribution in [2.75, 3.05) is 19.0 Å². The molecule has 2 N–H and O–H groups in total. The van der Waals surface area contributed by atoms with Gasteiger partial charge in [0, 0.05) is 5.02 Å².